The first-order valence-corrected chi connectivity index (χ1v) is 18.1. The van der Waals surface area contributed by atoms with Gasteiger partial charge >= 0.3 is 11.9 Å². The van der Waals surface area contributed by atoms with E-state index in [-0.39, 0.29) is 11.8 Å². The first-order valence-electron chi connectivity index (χ1n) is 17.3. The van der Waals surface area contributed by atoms with Crippen molar-refractivity contribution in [1.82, 2.24) is 50.5 Å². The molecule has 0 radical (unpaired) electrons. The molecule has 2 amide bonds. The molecule has 0 saturated carbocycles. The Balaban J connectivity index is 0.000000217. The van der Waals surface area contributed by atoms with Crippen LogP contribution in [0.5, 0.6) is 0 Å². The Bertz CT molecular complexity index is 2120. The molecule has 6 N–H and O–H groups in total. The van der Waals surface area contributed by atoms with E-state index in [1.807, 2.05) is 24.3 Å². The summed E-state index contributed by atoms with van der Waals surface area (Å²) in [4.78, 5) is 73.8. The number of hydrogen-bond donors (Lipinski definition) is 6. The quantitative estimate of drug-likeness (QED) is 0.0617. The number of nitrogens with one attached hydrogen (secondary N) is 6. The molecule has 296 valence electrons. The van der Waals surface area contributed by atoms with Crippen molar-refractivity contribution in [2.24, 2.45) is 0 Å². The Morgan fingerprint density at radius 2 is 1.04 bits per heavy atom. The Kier molecular flexibility index (Phi) is 16.6. The highest BCUT2D eigenvalue weighted by atomic mass is 35.5. The highest BCUT2D eigenvalue weighted by Gasteiger charge is 2.09. The van der Waals surface area contributed by atoms with Gasteiger partial charge in [0.05, 0.1) is 35.2 Å². The summed E-state index contributed by atoms with van der Waals surface area (Å²) in [5.41, 5.74) is 4.63. The van der Waals surface area contributed by atoms with Crippen LogP contribution in [0.25, 0.3) is 22.8 Å². The van der Waals surface area contributed by atoms with E-state index in [1.54, 1.807) is 61.2 Å². The van der Waals surface area contributed by atoms with Gasteiger partial charge in [0.15, 0.2) is 0 Å². The predicted octanol–water partition coefficient (Wildman–Crippen LogP) is 5.98. The molecule has 4 heterocycles. The van der Waals surface area contributed by atoms with E-state index in [2.05, 4.69) is 65.9 Å². The van der Waals surface area contributed by atoms with Crippen molar-refractivity contribution in [3.8, 4) is 22.8 Å². The fourth-order valence-corrected chi connectivity index (χ4v) is 5.06. The zero-order chi connectivity index (χ0) is 41.2. The predicted molar refractivity (Wildman–Crippen MR) is 216 cm³/mol. The average molecular weight is 816 g/mol. The van der Waals surface area contributed by atoms with Crippen molar-refractivity contribution in [3.05, 3.63) is 107 Å². The van der Waals surface area contributed by atoms with Crippen LogP contribution in [-0.4, -0.2) is 76.7 Å². The molecule has 0 bridgehead atoms. The maximum atomic E-state index is 10.9. The van der Waals surface area contributed by atoms with Gasteiger partial charge in [0.1, 0.15) is 11.6 Å². The van der Waals surface area contributed by atoms with Crippen LogP contribution in [0.1, 0.15) is 39.3 Å². The Hall–Kier alpha value is -6.72. The molecule has 19 heteroatoms. The monoisotopic (exact) mass is 814 g/mol. The van der Waals surface area contributed by atoms with E-state index >= 15 is 0 Å². The molecule has 0 aliphatic carbocycles. The van der Waals surface area contributed by atoms with Gasteiger partial charge in [-0.2, -0.15) is 0 Å². The van der Waals surface area contributed by atoms with E-state index < -0.39 is 11.9 Å². The molecule has 4 aromatic heterocycles. The fourth-order valence-electron chi connectivity index (χ4n) is 4.68. The van der Waals surface area contributed by atoms with Gasteiger partial charge < -0.3 is 36.0 Å². The average Bonchev–Trinajstić information content (AvgIpc) is 3.82. The lowest BCUT2D eigenvalue weighted by Crippen LogP contribution is -2.22. The highest BCUT2D eigenvalue weighted by Crippen LogP contribution is 2.22. The fraction of sp³-hybridized carbons (Fsp3) is 0.211. The number of carbonyl (C=O) groups excluding carboxylic acids is 4. The Morgan fingerprint density at radius 1 is 0.614 bits per heavy atom. The number of imidazole rings is 2. The third-order valence-electron chi connectivity index (χ3n) is 7.04. The third-order valence-corrected chi connectivity index (χ3v) is 7.51. The summed E-state index contributed by atoms with van der Waals surface area (Å²) in [6.45, 7) is 6.41. The summed E-state index contributed by atoms with van der Waals surface area (Å²) in [6.07, 6.45) is 8.03. The van der Waals surface area contributed by atoms with Gasteiger partial charge in [-0.1, -0.05) is 35.3 Å². The lowest BCUT2D eigenvalue weighted by molar-refractivity contribution is -0.156. The molecule has 0 aliphatic rings. The number of carbonyl (C=O) groups is 4. The van der Waals surface area contributed by atoms with Crippen LogP contribution in [0, 0.1) is 0 Å². The van der Waals surface area contributed by atoms with Crippen LogP contribution in [0.15, 0.2) is 85.5 Å². The van der Waals surface area contributed by atoms with Crippen molar-refractivity contribution in [2.75, 3.05) is 23.7 Å². The van der Waals surface area contributed by atoms with Gasteiger partial charge in [0.2, 0.25) is 23.7 Å². The number of nitrogens with zero attached hydrogens (tertiary/aromatic N) is 6. The van der Waals surface area contributed by atoms with E-state index in [0.29, 0.717) is 47.9 Å². The zero-order valence-electron chi connectivity index (χ0n) is 31.4. The number of amides is 2. The number of esters is 2. The van der Waals surface area contributed by atoms with Crippen LogP contribution in [0.3, 0.4) is 0 Å². The molecule has 6 rings (SSSR count). The molecule has 0 fully saturated rings. The summed E-state index contributed by atoms with van der Waals surface area (Å²) in [5.74, 6) is 1.26. The summed E-state index contributed by atoms with van der Waals surface area (Å²) in [7, 11) is 0. The topological polar surface area (TPSA) is 235 Å². The van der Waals surface area contributed by atoms with E-state index in [9.17, 15) is 19.2 Å². The number of H-pyrrole nitrogens is 2. The second kappa shape index (κ2) is 22.0. The van der Waals surface area contributed by atoms with Gasteiger partial charge in [-0.05, 0) is 48.5 Å². The molecule has 0 unspecified atom stereocenters. The molecule has 0 atom stereocenters. The Labute approximate surface area is 337 Å². The summed E-state index contributed by atoms with van der Waals surface area (Å²) in [5, 5.41) is 13.0. The van der Waals surface area contributed by atoms with Crippen molar-refractivity contribution in [2.45, 2.75) is 40.5 Å². The smallest absolute Gasteiger partial charge is 0.310 e. The number of anilines is 4. The van der Waals surface area contributed by atoms with Gasteiger partial charge in [-0.15, -0.1) is 0 Å². The van der Waals surface area contributed by atoms with Crippen molar-refractivity contribution < 1.29 is 23.9 Å². The van der Waals surface area contributed by atoms with Crippen LogP contribution >= 0.6 is 23.2 Å². The molecule has 6 aromatic rings. The molecule has 0 aliphatic heterocycles. The number of benzene rings is 2. The van der Waals surface area contributed by atoms with Crippen LogP contribution < -0.4 is 21.3 Å². The minimum atomic E-state index is -0.562. The lowest BCUT2D eigenvalue weighted by Gasteiger charge is -2.06. The van der Waals surface area contributed by atoms with Gasteiger partial charge in [0.25, 0.3) is 0 Å². The minimum Gasteiger partial charge on any atom is -0.394 e. The number of aromatic amines is 2. The second-order valence-corrected chi connectivity index (χ2v) is 12.7. The molecular formula is C38H40Cl2N12O5. The maximum Gasteiger partial charge on any atom is 0.310 e. The minimum absolute atomic E-state index is 0.0562. The third kappa shape index (κ3) is 15.9. The second-order valence-electron chi connectivity index (χ2n) is 11.8. The van der Waals surface area contributed by atoms with Crippen LogP contribution in [-0.2, 0) is 36.8 Å². The SMILES string of the molecule is CC(=O)NCCc1ncc(-c2ccnc(Nc3cccc(Cl)c3)n2)[nH]1.CC(=O)NCCc1ncc(-c2ccnc(Nc3cccc(Cl)c3)n2)[nH]1.CC(=O)OC(C)=O. The summed E-state index contributed by atoms with van der Waals surface area (Å²) >= 11 is 12.0. The lowest BCUT2D eigenvalue weighted by atomic mass is 10.3. The molecule has 57 heavy (non-hydrogen) atoms. The zero-order valence-corrected chi connectivity index (χ0v) is 32.9. The van der Waals surface area contributed by atoms with Gasteiger partial charge in [-0.3, -0.25) is 19.2 Å². The highest BCUT2D eigenvalue weighted by molar-refractivity contribution is 6.31. The van der Waals surface area contributed by atoms with E-state index in [0.717, 1.165) is 45.8 Å². The Morgan fingerprint density at radius 3 is 1.39 bits per heavy atom. The molecule has 17 nitrogen and oxygen atoms in total. The molecule has 2 aromatic carbocycles. The first kappa shape index (κ1) is 43.0. The summed E-state index contributed by atoms with van der Waals surface area (Å²) in [6, 6.07) is 18.3. The number of aromatic nitrogens is 8. The van der Waals surface area contributed by atoms with Crippen molar-refractivity contribution in [1.29, 1.82) is 0 Å². The number of halogens is 2. The molecule has 0 saturated heterocycles. The first-order chi connectivity index (χ1) is 27.3. The number of ether oxygens (including phenoxy) is 1. The van der Waals surface area contributed by atoms with Gasteiger partial charge in [0, 0.05) is 87.4 Å². The standard InChI is InChI=1S/2C17H17ClN6O.C4H6O3/c2*1-11(25)19-8-6-16-21-10-15(23-16)14-5-7-20-17(24-14)22-13-4-2-3-12(18)9-13;1-3(5)7-4(2)6/h2*2-5,7,9-10H,6,8H2,1H3,(H,19,25)(H,21,23)(H,20,22,24);1-2H3. The van der Waals surface area contributed by atoms with E-state index in [4.69, 9.17) is 23.2 Å². The van der Waals surface area contributed by atoms with Crippen LogP contribution in [0.4, 0.5) is 23.3 Å². The maximum absolute atomic E-state index is 10.9. The van der Waals surface area contributed by atoms with Crippen LogP contribution in [0.2, 0.25) is 10.0 Å². The normalized spacial score (nSPS) is 10.1. The largest absolute Gasteiger partial charge is 0.394 e. The van der Waals surface area contributed by atoms with E-state index in [1.165, 1.54) is 27.7 Å². The van der Waals surface area contributed by atoms with Crippen molar-refractivity contribution >= 4 is 70.2 Å². The van der Waals surface area contributed by atoms with Gasteiger partial charge in [-0.25, -0.2) is 29.9 Å². The van der Waals surface area contributed by atoms with Crippen molar-refractivity contribution in [3.63, 3.8) is 0 Å². The molecule has 0 spiro atoms. The number of rotatable bonds is 12. The number of hydrogen-bond acceptors (Lipinski definition) is 13. The summed E-state index contributed by atoms with van der Waals surface area (Å²) < 4.78 is 3.97. The molecular weight excluding hydrogens is 775 g/mol.